The van der Waals surface area contributed by atoms with Gasteiger partial charge in [0.25, 0.3) is 0 Å². The zero-order valence-corrected chi connectivity index (χ0v) is 20.4. The van der Waals surface area contributed by atoms with Crippen molar-refractivity contribution in [1.29, 1.82) is 0 Å². The number of carbonyl (C=O) groups is 2. The summed E-state index contributed by atoms with van der Waals surface area (Å²) in [4.78, 5) is 28.8. The number of Topliss-reactive ketones (excluding diaryl/α,β-unsaturated/α-hetero) is 2. The molecule has 0 fully saturated rings. The van der Waals surface area contributed by atoms with Gasteiger partial charge in [0.1, 0.15) is 0 Å². The second kappa shape index (κ2) is 7.78. The van der Waals surface area contributed by atoms with E-state index < -0.39 is 0 Å². The number of rotatable bonds is 2. The topological polar surface area (TPSA) is 37.4 Å². The molecular weight excluding hydrogens is 497 g/mol. The van der Waals surface area contributed by atoms with E-state index in [0.29, 0.717) is 11.1 Å². The molecule has 7 rings (SSSR count). The molecule has 166 valence electrons. The fourth-order valence-corrected chi connectivity index (χ4v) is 7.20. The van der Waals surface area contributed by atoms with Gasteiger partial charge in [0, 0.05) is 0 Å². The van der Waals surface area contributed by atoms with E-state index in [-0.39, 0.29) is 31.6 Å². The quantitative estimate of drug-likeness (QED) is 0.145. The SMILES string of the molecule is O=C1C(=Cc2ccc(N3c4ccccc4Cc4ccccc43)[se]2)C(=O)c2cc3ccccc3cc21. The molecule has 4 heteroatoms. The second-order valence-corrected chi connectivity index (χ2v) is 11.2. The van der Waals surface area contributed by atoms with E-state index >= 15 is 0 Å². The standard InChI is InChI=1S/C31H19NO2Se/c33-30-24-16-19-7-1-2-8-20(19)17-25(24)31(34)26(30)18-23-13-14-29(35-23)32-27-11-5-3-9-21(27)15-22-10-4-6-12-28(22)32/h1-14,16-18H,15H2. The zero-order chi connectivity index (χ0) is 23.5. The number of fused-ring (bicyclic) bond motifs is 4. The predicted octanol–water partition coefficient (Wildman–Crippen LogP) is 6.73. The van der Waals surface area contributed by atoms with Crippen LogP contribution in [0.4, 0.5) is 15.9 Å². The van der Waals surface area contributed by atoms with Crippen LogP contribution in [-0.2, 0) is 6.42 Å². The Hall–Kier alpha value is -3.98. The molecule has 5 aromatic rings. The minimum absolute atomic E-state index is 0.0371. The molecular formula is C31H19NO2Se. The third-order valence-corrected chi connectivity index (χ3v) is 8.96. The van der Waals surface area contributed by atoms with Gasteiger partial charge >= 0.3 is 209 Å². The Morgan fingerprint density at radius 2 is 1.20 bits per heavy atom. The zero-order valence-electron chi connectivity index (χ0n) is 18.7. The molecule has 0 radical (unpaired) electrons. The van der Waals surface area contributed by atoms with Gasteiger partial charge in [-0.05, 0) is 0 Å². The van der Waals surface area contributed by atoms with Crippen molar-refractivity contribution in [3.8, 4) is 0 Å². The van der Waals surface area contributed by atoms with Crippen LogP contribution in [-0.4, -0.2) is 26.1 Å². The number of carbonyl (C=O) groups excluding carboxylic acids is 2. The van der Waals surface area contributed by atoms with Crippen LogP contribution in [0.2, 0.25) is 0 Å². The van der Waals surface area contributed by atoms with E-state index in [9.17, 15) is 9.59 Å². The summed E-state index contributed by atoms with van der Waals surface area (Å²) < 4.78 is 2.23. The molecule has 1 aliphatic heterocycles. The number of benzene rings is 4. The summed E-state index contributed by atoms with van der Waals surface area (Å²) in [6.07, 6.45) is 2.74. The molecule has 0 saturated carbocycles. The summed E-state index contributed by atoms with van der Waals surface area (Å²) in [6.45, 7) is 0. The summed E-state index contributed by atoms with van der Waals surface area (Å²) in [7, 11) is 0. The summed E-state index contributed by atoms with van der Waals surface area (Å²) in [5, 5.41) is 1.95. The van der Waals surface area contributed by atoms with Gasteiger partial charge in [-0.2, -0.15) is 0 Å². The van der Waals surface area contributed by atoms with Gasteiger partial charge in [0.15, 0.2) is 0 Å². The number of hydrogen-bond donors (Lipinski definition) is 0. The summed E-state index contributed by atoms with van der Waals surface area (Å²) in [5.41, 5.74) is 6.31. The molecule has 4 aromatic carbocycles. The average molecular weight is 516 g/mol. The molecule has 1 aliphatic carbocycles. The minimum atomic E-state index is -0.172. The first-order valence-electron chi connectivity index (χ1n) is 11.6. The Bertz CT molecular complexity index is 1620. The second-order valence-electron chi connectivity index (χ2n) is 8.91. The maximum atomic E-state index is 13.2. The number of nitrogens with zero attached hydrogens (tertiary/aromatic N) is 1. The van der Waals surface area contributed by atoms with Crippen LogP contribution in [0.1, 0.15) is 36.3 Å². The Labute approximate surface area is 208 Å². The van der Waals surface area contributed by atoms with Gasteiger partial charge in [-0.25, -0.2) is 0 Å². The molecule has 0 bridgehead atoms. The fraction of sp³-hybridized carbons (Fsp3) is 0.0323. The first kappa shape index (κ1) is 20.4. The van der Waals surface area contributed by atoms with Crippen LogP contribution in [0.5, 0.6) is 0 Å². The normalized spacial score (nSPS) is 14.2. The monoisotopic (exact) mass is 517 g/mol. The van der Waals surface area contributed by atoms with Gasteiger partial charge in [0.2, 0.25) is 0 Å². The van der Waals surface area contributed by atoms with E-state index in [1.807, 2.05) is 42.5 Å². The van der Waals surface area contributed by atoms with E-state index in [0.717, 1.165) is 21.6 Å². The summed E-state index contributed by atoms with van der Waals surface area (Å²) in [6, 6.07) is 32.8. The number of ketones is 2. The Balaban J connectivity index is 1.30. The molecule has 35 heavy (non-hydrogen) atoms. The van der Waals surface area contributed by atoms with Gasteiger partial charge < -0.3 is 0 Å². The molecule has 0 atom stereocenters. The van der Waals surface area contributed by atoms with Gasteiger partial charge in [-0.15, -0.1) is 0 Å². The van der Waals surface area contributed by atoms with Crippen molar-refractivity contribution in [3.63, 3.8) is 0 Å². The number of hydrogen-bond acceptors (Lipinski definition) is 3. The molecule has 0 saturated heterocycles. The molecule has 0 spiro atoms. The van der Waals surface area contributed by atoms with Crippen LogP contribution in [0.15, 0.2) is 103 Å². The van der Waals surface area contributed by atoms with E-state index in [4.69, 9.17) is 0 Å². The third-order valence-electron chi connectivity index (χ3n) is 6.83. The van der Waals surface area contributed by atoms with Crippen LogP contribution >= 0.6 is 0 Å². The van der Waals surface area contributed by atoms with Gasteiger partial charge in [-0.3, -0.25) is 0 Å². The molecule has 2 heterocycles. The summed E-state index contributed by atoms with van der Waals surface area (Å²) in [5.74, 6) is -0.343. The van der Waals surface area contributed by atoms with Crippen molar-refractivity contribution >= 4 is 58.9 Å². The Morgan fingerprint density at radius 3 is 1.80 bits per heavy atom. The molecule has 0 unspecified atom stereocenters. The molecule has 1 aromatic heterocycles. The maximum absolute atomic E-state index is 13.2. The van der Waals surface area contributed by atoms with Gasteiger partial charge in [-0.1, -0.05) is 0 Å². The van der Waals surface area contributed by atoms with Crippen molar-refractivity contribution < 1.29 is 9.59 Å². The Kier molecular flexibility index (Phi) is 4.53. The molecule has 0 amide bonds. The van der Waals surface area contributed by atoms with Crippen LogP contribution < -0.4 is 4.90 Å². The van der Waals surface area contributed by atoms with E-state index in [2.05, 4.69) is 65.6 Å². The number of anilines is 3. The molecule has 2 aliphatic rings. The van der Waals surface area contributed by atoms with Crippen molar-refractivity contribution in [3.05, 3.63) is 129 Å². The van der Waals surface area contributed by atoms with Crippen molar-refractivity contribution in [2.75, 3.05) is 4.90 Å². The number of allylic oxidation sites excluding steroid dienone is 1. The van der Waals surface area contributed by atoms with Crippen LogP contribution in [0.25, 0.3) is 16.8 Å². The number of para-hydroxylation sites is 2. The average Bonchev–Trinajstić information content (AvgIpc) is 3.44. The van der Waals surface area contributed by atoms with Crippen molar-refractivity contribution in [2.24, 2.45) is 0 Å². The van der Waals surface area contributed by atoms with Crippen LogP contribution in [0.3, 0.4) is 0 Å². The third kappa shape index (κ3) is 3.19. The Morgan fingerprint density at radius 1 is 0.657 bits per heavy atom. The molecule has 3 nitrogen and oxygen atoms in total. The molecule has 0 N–H and O–H groups in total. The fourth-order valence-electron chi connectivity index (χ4n) is 5.15. The van der Waals surface area contributed by atoms with E-state index in [1.54, 1.807) is 0 Å². The first-order valence-corrected chi connectivity index (χ1v) is 13.3. The van der Waals surface area contributed by atoms with Gasteiger partial charge in [0.05, 0.1) is 0 Å². The van der Waals surface area contributed by atoms with E-state index in [1.165, 1.54) is 27.1 Å². The van der Waals surface area contributed by atoms with Crippen molar-refractivity contribution in [2.45, 2.75) is 6.42 Å². The van der Waals surface area contributed by atoms with Crippen molar-refractivity contribution in [1.82, 2.24) is 0 Å². The first-order chi connectivity index (χ1) is 17.2. The predicted molar refractivity (Wildman–Crippen MR) is 141 cm³/mol. The van der Waals surface area contributed by atoms with Crippen LogP contribution in [0, 0.1) is 0 Å². The summed E-state index contributed by atoms with van der Waals surface area (Å²) >= 11 is -0.0371.